The molecule has 0 spiro atoms. The highest BCUT2D eigenvalue weighted by molar-refractivity contribution is 5.85. The molecule has 0 bridgehead atoms. The summed E-state index contributed by atoms with van der Waals surface area (Å²) in [6.45, 7) is 0.945. The van der Waals surface area contributed by atoms with Crippen LogP contribution < -0.4 is 15.2 Å². The van der Waals surface area contributed by atoms with Gasteiger partial charge in [0.2, 0.25) is 0 Å². The summed E-state index contributed by atoms with van der Waals surface area (Å²) < 4.78 is 10.9. The van der Waals surface area contributed by atoms with Gasteiger partial charge < -0.3 is 20.3 Å². The van der Waals surface area contributed by atoms with Crippen LogP contribution in [0.4, 0.5) is 0 Å². The molecule has 0 radical (unpaired) electrons. The molecule has 1 atom stereocenters. The zero-order valence-electron chi connectivity index (χ0n) is 10.5. The summed E-state index contributed by atoms with van der Waals surface area (Å²) >= 11 is 0. The minimum atomic E-state index is -0.651. The summed E-state index contributed by atoms with van der Waals surface area (Å²) in [6.07, 6.45) is 1.86. The lowest BCUT2D eigenvalue weighted by Crippen LogP contribution is -2.11. The second-order valence-electron chi connectivity index (χ2n) is 4.42. The predicted molar refractivity (Wildman–Crippen MR) is 72.5 cm³/mol. The Morgan fingerprint density at radius 2 is 2.11 bits per heavy atom. The first-order valence-electron chi connectivity index (χ1n) is 5.93. The Morgan fingerprint density at radius 1 is 1.39 bits per heavy atom. The molecule has 1 saturated carbocycles. The molecule has 0 heterocycles. The van der Waals surface area contributed by atoms with Gasteiger partial charge in [-0.25, -0.2) is 0 Å². The van der Waals surface area contributed by atoms with Crippen molar-refractivity contribution in [3.63, 3.8) is 0 Å². The fraction of sp³-hybridized carbons (Fsp3) is 0.538. The Hall–Kier alpha value is -0.970. The van der Waals surface area contributed by atoms with Gasteiger partial charge in [0.15, 0.2) is 11.5 Å². The third-order valence-electron chi connectivity index (χ3n) is 2.97. The SMILES string of the molecule is COc1cc([C@@H](O)CN)ccc1OCC1CC1.Cl. The minimum Gasteiger partial charge on any atom is -0.493 e. The Labute approximate surface area is 113 Å². The first-order valence-corrected chi connectivity index (χ1v) is 5.93. The van der Waals surface area contributed by atoms with Crippen molar-refractivity contribution >= 4 is 12.4 Å². The van der Waals surface area contributed by atoms with Crippen LogP contribution in [0.1, 0.15) is 24.5 Å². The summed E-state index contributed by atoms with van der Waals surface area (Å²) in [5.41, 5.74) is 6.17. The van der Waals surface area contributed by atoms with Crippen LogP contribution in [-0.4, -0.2) is 25.4 Å². The number of halogens is 1. The summed E-state index contributed by atoms with van der Waals surface area (Å²) in [5, 5.41) is 9.65. The molecule has 1 fully saturated rings. The second-order valence-corrected chi connectivity index (χ2v) is 4.42. The number of benzene rings is 1. The molecular formula is C13H20ClNO3. The maximum atomic E-state index is 9.65. The van der Waals surface area contributed by atoms with E-state index in [1.54, 1.807) is 13.2 Å². The zero-order chi connectivity index (χ0) is 12.3. The first kappa shape index (κ1) is 15.1. The number of aliphatic hydroxyl groups is 1. The fourth-order valence-electron chi connectivity index (χ4n) is 1.64. The second kappa shape index (κ2) is 6.83. The van der Waals surface area contributed by atoms with Gasteiger partial charge in [-0.3, -0.25) is 0 Å². The largest absolute Gasteiger partial charge is 0.493 e. The van der Waals surface area contributed by atoms with Crippen LogP contribution in [0.3, 0.4) is 0 Å². The minimum absolute atomic E-state index is 0. The van der Waals surface area contributed by atoms with Gasteiger partial charge >= 0.3 is 0 Å². The third-order valence-corrected chi connectivity index (χ3v) is 2.97. The number of ether oxygens (including phenoxy) is 2. The molecular weight excluding hydrogens is 254 g/mol. The Morgan fingerprint density at radius 3 is 2.67 bits per heavy atom. The van der Waals surface area contributed by atoms with Crippen LogP contribution in [0.15, 0.2) is 18.2 Å². The third kappa shape index (κ3) is 3.77. The highest BCUT2D eigenvalue weighted by Crippen LogP contribution is 2.34. The topological polar surface area (TPSA) is 64.7 Å². The standard InChI is InChI=1S/C13H19NO3.ClH/c1-16-13-6-10(11(15)7-14)4-5-12(13)17-8-9-2-3-9;/h4-6,9,11,15H,2-3,7-8,14H2,1H3;1H/t11-;/m0./s1. The number of hydrogen-bond acceptors (Lipinski definition) is 4. The number of hydrogen-bond donors (Lipinski definition) is 2. The molecule has 0 amide bonds. The van der Waals surface area contributed by atoms with E-state index in [0.29, 0.717) is 11.7 Å². The van der Waals surface area contributed by atoms with Gasteiger partial charge in [-0.1, -0.05) is 6.07 Å². The molecule has 0 saturated heterocycles. The normalized spacial score (nSPS) is 15.7. The monoisotopic (exact) mass is 273 g/mol. The average Bonchev–Trinajstić information content (AvgIpc) is 3.19. The molecule has 0 unspecified atom stereocenters. The van der Waals surface area contributed by atoms with Crippen molar-refractivity contribution in [2.45, 2.75) is 18.9 Å². The van der Waals surface area contributed by atoms with E-state index in [9.17, 15) is 5.11 Å². The smallest absolute Gasteiger partial charge is 0.161 e. The maximum absolute atomic E-state index is 9.65. The molecule has 18 heavy (non-hydrogen) atoms. The first-order chi connectivity index (χ1) is 8.24. The summed E-state index contributed by atoms with van der Waals surface area (Å²) in [6, 6.07) is 5.43. The van der Waals surface area contributed by atoms with Gasteiger partial charge in [-0.2, -0.15) is 0 Å². The van der Waals surface area contributed by atoms with E-state index >= 15 is 0 Å². The molecule has 1 aliphatic carbocycles. The number of rotatable bonds is 6. The highest BCUT2D eigenvalue weighted by atomic mass is 35.5. The van der Waals surface area contributed by atoms with E-state index in [0.717, 1.165) is 17.9 Å². The molecule has 5 heteroatoms. The summed E-state index contributed by atoms with van der Waals surface area (Å²) in [7, 11) is 1.60. The lowest BCUT2D eigenvalue weighted by molar-refractivity contribution is 0.186. The van der Waals surface area contributed by atoms with Crippen molar-refractivity contribution < 1.29 is 14.6 Å². The molecule has 0 aliphatic heterocycles. The molecule has 3 N–H and O–H groups in total. The molecule has 2 rings (SSSR count). The number of aliphatic hydroxyl groups excluding tert-OH is 1. The Bertz CT molecular complexity index is 382. The fourth-order valence-corrected chi connectivity index (χ4v) is 1.64. The van der Waals surface area contributed by atoms with Crippen LogP contribution in [0.25, 0.3) is 0 Å². The maximum Gasteiger partial charge on any atom is 0.161 e. The number of methoxy groups -OCH3 is 1. The molecule has 1 aromatic carbocycles. The van der Waals surface area contributed by atoms with Crippen LogP contribution in [-0.2, 0) is 0 Å². The van der Waals surface area contributed by atoms with Crippen molar-refractivity contribution in [3.8, 4) is 11.5 Å². The van der Waals surface area contributed by atoms with Gasteiger partial charge in [0.25, 0.3) is 0 Å². The van der Waals surface area contributed by atoms with E-state index < -0.39 is 6.10 Å². The lowest BCUT2D eigenvalue weighted by atomic mass is 10.1. The zero-order valence-corrected chi connectivity index (χ0v) is 11.3. The Kier molecular flexibility index (Phi) is 5.72. The molecule has 4 nitrogen and oxygen atoms in total. The van der Waals surface area contributed by atoms with E-state index in [-0.39, 0.29) is 19.0 Å². The van der Waals surface area contributed by atoms with Gasteiger partial charge in [0, 0.05) is 6.54 Å². The van der Waals surface area contributed by atoms with Crippen molar-refractivity contribution in [1.29, 1.82) is 0 Å². The molecule has 0 aromatic heterocycles. The predicted octanol–water partition coefficient (Wildman–Crippen LogP) is 1.90. The highest BCUT2D eigenvalue weighted by Gasteiger charge is 2.22. The van der Waals surface area contributed by atoms with Crippen molar-refractivity contribution in [2.24, 2.45) is 11.7 Å². The molecule has 1 aliphatic rings. The van der Waals surface area contributed by atoms with E-state index in [2.05, 4.69) is 0 Å². The van der Waals surface area contributed by atoms with E-state index in [4.69, 9.17) is 15.2 Å². The van der Waals surface area contributed by atoms with Crippen molar-refractivity contribution in [3.05, 3.63) is 23.8 Å². The van der Waals surface area contributed by atoms with E-state index in [1.807, 2.05) is 12.1 Å². The van der Waals surface area contributed by atoms with Crippen LogP contribution in [0.5, 0.6) is 11.5 Å². The van der Waals surface area contributed by atoms with Gasteiger partial charge in [-0.15, -0.1) is 12.4 Å². The van der Waals surface area contributed by atoms with Crippen LogP contribution in [0, 0.1) is 5.92 Å². The summed E-state index contributed by atoms with van der Waals surface area (Å²) in [4.78, 5) is 0. The van der Waals surface area contributed by atoms with Gasteiger partial charge in [0.05, 0.1) is 19.8 Å². The Balaban J connectivity index is 0.00000162. The van der Waals surface area contributed by atoms with Crippen LogP contribution >= 0.6 is 12.4 Å². The van der Waals surface area contributed by atoms with Crippen LogP contribution in [0.2, 0.25) is 0 Å². The average molecular weight is 274 g/mol. The molecule has 1 aromatic rings. The summed E-state index contributed by atoms with van der Waals surface area (Å²) in [5.74, 6) is 2.08. The van der Waals surface area contributed by atoms with Gasteiger partial charge in [0.1, 0.15) is 0 Å². The van der Waals surface area contributed by atoms with Gasteiger partial charge in [-0.05, 0) is 36.5 Å². The van der Waals surface area contributed by atoms with E-state index in [1.165, 1.54) is 12.8 Å². The number of nitrogens with two attached hydrogens (primary N) is 1. The quantitative estimate of drug-likeness (QED) is 0.831. The van der Waals surface area contributed by atoms with Crippen molar-refractivity contribution in [1.82, 2.24) is 0 Å². The van der Waals surface area contributed by atoms with Crippen molar-refractivity contribution in [2.75, 3.05) is 20.3 Å². The molecule has 102 valence electrons. The lowest BCUT2D eigenvalue weighted by Gasteiger charge is -2.14.